The van der Waals surface area contributed by atoms with Crippen molar-refractivity contribution in [3.05, 3.63) is 0 Å². The lowest BCUT2D eigenvalue weighted by Crippen LogP contribution is -2.54. The molecule has 0 radical (unpaired) electrons. The van der Waals surface area contributed by atoms with Gasteiger partial charge in [0, 0.05) is 25.2 Å². The normalized spacial score (nSPS) is 25.7. The van der Waals surface area contributed by atoms with E-state index in [0.717, 1.165) is 0 Å². The van der Waals surface area contributed by atoms with E-state index in [0.29, 0.717) is 5.54 Å². The van der Waals surface area contributed by atoms with Gasteiger partial charge in [-0.3, -0.25) is 4.90 Å². The maximum Gasteiger partial charge on any atom is 0.0338 e. The molecule has 0 aromatic heterocycles. The number of likely N-dealkylation sites (N-methyl/N-ethyl adjacent to an activating group) is 2. The van der Waals surface area contributed by atoms with Crippen LogP contribution in [0.25, 0.3) is 0 Å². The zero-order chi connectivity index (χ0) is 10.6. The molecule has 1 saturated carbocycles. The van der Waals surface area contributed by atoms with Gasteiger partial charge in [0.05, 0.1) is 0 Å². The molecule has 14 heavy (non-hydrogen) atoms. The minimum absolute atomic E-state index is 0.628. The van der Waals surface area contributed by atoms with Gasteiger partial charge in [-0.05, 0) is 25.9 Å². The van der Waals surface area contributed by atoms with E-state index in [2.05, 4.69) is 23.6 Å². The van der Waals surface area contributed by atoms with E-state index in [-0.39, 0.29) is 0 Å². The van der Waals surface area contributed by atoms with Crippen LogP contribution in [0.4, 0.5) is 0 Å². The molecule has 2 nitrogen and oxygen atoms in total. The average molecular weight is 198 g/mol. The summed E-state index contributed by atoms with van der Waals surface area (Å²) in [6.07, 6.45) is 2.88. The zero-order valence-corrected chi connectivity index (χ0v) is 10.3. The SMILES string of the molecule is CC.CCN1CCN(CC)C2(CC2)C1. The molecule has 1 aliphatic carbocycles. The Morgan fingerprint density at radius 3 is 2.07 bits per heavy atom. The topological polar surface area (TPSA) is 6.48 Å². The molecular formula is C12H26N2. The first kappa shape index (κ1) is 12.0. The summed E-state index contributed by atoms with van der Waals surface area (Å²) in [6, 6.07) is 0. The van der Waals surface area contributed by atoms with Gasteiger partial charge in [-0.1, -0.05) is 27.7 Å². The third-order valence-electron chi connectivity index (χ3n) is 3.53. The van der Waals surface area contributed by atoms with Crippen LogP contribution in [0.15, 0.2) is 0 Å². The summed E-state index contributed by atoms with van der Waals surface area (Å²) in [5.74, 6) is 0. The second-order valence-corrected chi connectivity index (χ2v) is 4.17. The average Bonchev–Trinajstić information content (AvgIpc) is 3.01. The van der Waals surface area contributed by atoms with Gasteiger partial charge in [-0.2, -0.15) is 0 Å². The van der Waals surface area contributed by atoms with Crippen LogP contribution in [0, 0.1) is 0 Å². The molecule has 1 saturated heterocycles. The number of hydrogen-bond acceptors (Lipinski definition) is 2. The maximum atomic E-state index is 2.68. The highest BCUT2D eigenvalue weighted by Crippen LogP contribution is 2.43. The molecule has 0 atom stereocenters. The highest BCUT2D eigenvalue weighted by Gasteiger charge is 2.49. The quantitative estimate of drug-likeness (QED) is 0.671. The van der Waals surface area contributed by atoms with Gasteiger partial charge in [0.15, 0.2) is 0 Å². The zero-order valence-electron chi connectivity index (χ0n) is 10.3. The molecule has 2 aliphatic rings. The number of hydrogen-bond donors (Lipinski definition) is 0. The molecule has 1 aliphatic heterocycles. The Labute approximate surface area is 89.3 Å². The van der Waals surface area contributed by atoms with Crippen LogP contribution in [0.1, 0.15) is 40.5 Å². The van der Waals surface area contributed by atoms with Gasteiger partial charge < -0.3 is 4.90 Å². The highest BCUT2D eigenvalue weighted by molar-refractivity contribution is 5.07. The summed E-state index contributed by atoms with van der Waals surface area (Å²) >= 11 is 0. The van der Waals surface area contributed by atoms with Crippen molar-refractivity contribution in [2.75, 3.05) is 32.7 Å². The fourth-order valence-electron chi connectivity index (χ4n) is 2.48. The lowest BCUT2D eigenvalue weighted by Gasteiger charge is -2.41. The molecule has 1 heterocycles. The van der Waals surface area contributed by atoms with Crippen LogP contribution < -0.4 is 0 Å². The predicted molar refractivity (Wildman–Crippen MR) is 62.7 cm³/mol. The summed E-state index contributed by atoms with van der Waals surface area (Å²) in [7, 11) is 0. The Morgan fingerprint density at radius 1 is 1.00 bits per heavy atom. The minimum atomic E-state index is 0.628. The molecule has 2 rings (SSSR count). The molecule has 0 N–H and O–H groups in total. The smallest absolute Gasteiger partial charge is 0.0338 e. The monoisotopic (exact) mass is 198 g/mol. The predicted octanol–water partition coefficient (Wildman–Crippen LogP) is 2.20. The molecular weight excluding hydrogens is 172 g/mol. The molecule has 1 spiro atoms. The molecule has 2 heteroatoms. The van der Waals surface area contributed by atoms with Crippen LogP contribution in [0.3, 0.4) is 0 Å². The molecule has 0 aromatic rings. The number of nitrogens with zero attached hydrogens (tertiary/aromatic N) is 2. The fourth-order valence-corrected chi connectivity index (χ4v) is 2.48. The first-order chi connectivity index (χ1) is 6.80. The molecule has 0 bridgehead atoms. The molecule has 84 valence electrons. The summed E-state index contributed by atoms with van der Waals surface area (Å²) in [6.45, 7) is 15.0. The Morgan fingerprint density at radius 2 is 1.64 bits per heavy atom. The Hall–Kier alpha value is -0.0800. The van der Waals surface area contributed by atoms with Gasteiger partial charge in [0.25, 0.3) is 0 Å². The summed E-state index contributed by atoms with van der Waals surface area (Å²) in [4.78, 5) is 5.28. The molecule has 0 amide bonds. The van der Waals surface area contributed by atoms with Crippen LogP contribution in [0.2, 0.25) is 0 Å². The number of piperazine rings is 1. The maximum absolute atomic E-state index is 2.68. The summed E-state index contributed by atoms with van der Waals surface area (Å²) < 4.78 is 0. The van der Waals surface area contributed by atoms with Gasteiger partial charge in [0.1, 0.15) is 0 Å². The molecule has 0 aromatic carbocycles. The van der Waals surface area contributed by atoms with Gasteiger partial charge in [0.2, 0.25) is 0 Å². The third kappa shape index (κ3) is 2.29. The van der Waals surface area contributed by atoms with Crippen LogP contribution in [-0.2, 0) is 0 Å². The lowest BCUT2D eigenvalue weighted by atomic mass is 10.1. The van der Waals surface area contributed by atoms with E-state index in [1.54, 1.807) is 0 Å². The van der Waals surface area contributed by atoms with E-state index < -0.39 is 0 Å². The molecule has 0 unspecified atom stereocenters. The van der Waals surface area contributed by atoms with Crippen molar-refractivity contribution in [2.45, 2.75) is 46.1 Å². The Kier molecular flexibility index (Phi) is 4.39. The first-order valence-corrected chi connectivity index (χ1v) is 6.28. The van der Waals surface area contributed by atoms with Gasteiger partial charge in [-0.25, -0.2) is 0 Å². The van der Waals surface area contributed by atoms with Crippen molar-refractivity contribution >= 4 is 0 Å². The van der Waals surface area contributed by atoms with Crippen molar-refractivity contribution in [1.29, 1.82) is 0 Å². The fraction of sp³-hybridized carbons (Fsp3) is 1.00. The first-order valence-electron chi connectivity index (χ1n) is 6.28. The lowest BCUT2D eigenvalue weighted by molar-refractivity contribution is 0.0668. The third-order valence-corrected chi connectivity index (χ3v) is 3.53. The van der Waals surface area contributed by atoms with Crippen LogP contribution in [0.5, 0.6) is 0 Å². The van der Waals surface area contributed by atoms with E-state index in [4.69, 9.17) is 0 Å². The van der Waals surface area contributed by atoms with Crippen molar-refractivity contribution in [1.82, 2.24) is 9.80 Å². The highest BCUT2D eigenvalue weighted by atomic mass is 15.3. The van der Waals surface area contributed by atoms with Gasteiger partial charge >= 0.3 is 0 Å². The summed E-state index contributed by atoms with van der Waals surface area (Å²) in [5.41, 5.74) is 0.628. The Balaban J connectivity index is 0.000000461. The van der Waals surface area contributed by atoms with Gasteiger partial charge in [-0.15, -0.1) is 0 Å². The second-order valence-electron chi connectivity index (χ2n) is 4.17. The van der Waals surface area contributed by atoms with Crippen LogP contribution in [-0.4, -0.2) is 48.1 Å². The van der Waals surface area contributed by atoms with Crippen molar-refractivity contribution in [3.63, 3.8) is 0 Å². The van der Waals surface area contributed by atoms with Crippen molar-refractivity contribution < 1.29 is 0 Å². The van der Waals surface area contributed by atoms with E-state index >= 15 is 0 Å². The minimum Gasteiger partial charge on any atom is -0.301 e. The number of rotatable bonds is 2. The van der Waals surface area contributed by atoms with Crippen molar-refractivity contribution in [3.8, 4) is 0 Å². The van der Waals surface area contributed by atoms with Crippen LogP contribution >= 0.6 is 0 Å². The molecule has 2 fully saturated rings. The second kappa shape index (κ2) is 5.13. The van der Waals surface area contributed by atoms with E-state index in [9.17, 15) is 0 Å². The Bertz CT molecular complexity index is 164. The van der Waals surface area contributed by atoms with E-state index in [1.165, 1.54) is 45.6 Å². The van der Waals surface area contributed by atoms with Crippen molar-refractivity contribution in [2.24, 2.45) is 0 Å². The summed E-state index contributed by atoms with van der Waals surface area (Å²) in [5, 5.41) is 0. The van der Waals surface area contributed by atoms with E-state index in [1.807, 2.05) is 13.8 Å². The largest absolute Gasteiger partial charge is 0.301 e. The standard InChI is InChI=1S/C10H20N2.C2H6/c1-3-11-7-8-12(4-2)10(9-11)5-6-10;1-2/h3-9H2,1-2H3;1-2H3.